The Morgan fingerprint density at radius 1 is 1.59 bits per heavy atom. The lowest BCUT2D eigenvalue weighted by atomic mass is 10.1. The van der Waals surface area contributed by atoms with Gasteiger partial charge in [-0.15, -0.1) is 0 Å². The lowest BCUT2D eigenvalue weighted by Gasteiger charge is -2.34. The van der Waals surface area contributed by atoms with E-state index in [1.54, 1.807) is 6.07 Å². The van der Waals surface area contributed by atoms with E-state index >= 15 is 0 Å². The number of hydrogen-bond donors (Lipinski definition) is 1. The highest BCUT2D eigenvalue weighted by molar-refractivity contribution is 5.74. The minimum Gasteiger partial charge on any atom is -0.396 e. The fourth-order valence-corrected chi connectivity index (χ4v) is 2.11. The Bertz CT molecular complexity index is 439. The number of rotatable bonds is 2. The summed E-state index contributed by atoms with van der Waals surface area (Å²) >= 11 is 0. The summed E-state index contributed by atoms with van der Waals surface area (Å²) in [7, 11) is 0. The number of benzene rings is 1. The number of nitriles is 1. The number of para-hydroxylation sites is 1. The van der Waals surface area contributed by atoms with E-state index in [4.69, 9.17) is 15.7 Å². The number of nitrogen functional groups attached to an aromatic ring is 1. The molecule has 90 valence electrons. The van der Waals surface area contributed by atoms with Crippen molar-refractivity contribution >= 4 is 11.4 Å². The van der Waals surface area contributed by atoms with Crippen LogP contribution in [0.15, 0.2) is 18.2 Å². The van der Waals surface area contributed by atoms with Gasteiger partial charge in [-0.05, 0) is 18.6 Å². The van der Waals surface area contributed by atoms with Gasteiger partial charge in [-0.2, -0.15) is 5.26 Å². The molecule has 0 radical (unpaired) electrons. The van der Waals surface area contributed by atoms with Crippen molar-refractivity contribution in [1.29, 1.82) is 5.26 Å². The molecule has 2 rings (SSSR count). The van der Waals surface area contributed by atoms with Gasteiger partial charge < -0.3 is 15.4 Å². The second-order valence-electron chi connectivity index (χ2n) is 4.20. The predicted octanol–water partition coefficient (Wildman–Crippen LogP) is 1.76. The lowest BCUT2D eigenvalue weighted by molar-refractivity contribution is 0.0385. The van der Waals surface area contributed by atoms with Crippen LogP contribution < -0.4 is 10.6 Å². The summed E-state index contributed by atoms with van der Waals surface area (Å²) in [6.07, 6.45) is 1.25. The molecule has 0 spiro atoms. The van der Waals surface area contributed by atoms with E-state index in [0.717, 1.165) is 25.2 Å². The van der Waals surface area contributed by atoms with Crippen LogP contribution in [0.25, 0.3) is 0 Å². The van der Waals surface area contributed by atoms with Crippen molar-refractivity contribution in [3.63, 3.8) is 0 Å². The molecule has 1 saturated heterocycles. The number of nitrogens with zero attached hydrogens (tertiary/aromatic N) is 2. The van der Waals surface area contributed by atoms with Gasteiger partial charge >= 0.3 is 0 Å². The molecule has 17 heavy (non-hydrogen) atoms. The molecule has 1 fully saturated rings. The molecule has 0 aliphatic carbocycles. The van der Waals surface area contributed by atoms with Gasteiger partial charge in [0.2, 0.25) is 0 Å². The number of anilines is 2. The van der Waals surface area contributed by atoms with Crippen LogP contribution in [0.4, 0.5) is 11.4 Å². The molecule has 1 aliphatic heterocycles. The van der Waals surface area contributed by atoms with Crippen LogP contribution in [0.3, 0.4) is 0 Å². The Balaban J connectivity index is 2.25. The topological polar surface area (TPSA) is 62.3 Å². The van der Waals surface area contributed by atoms with Crippen LogP contribution >= 0.6 is 0 Å². The van der Waals surface area contributed by atoms with Gasteiger partial charge in [0.25, 0.3) is 0 Å². The third-order valence-corrected chi connectivity index (χ3v) is 3.14. The van der Waals surface area contributed by atoms with Crippen molar-refractivity contribution in [2.45, 2.75) is 19.4 Å². The van der Waals surface area contributed by atoms with Gasteiger partial charge in [0.05, 0.1) is 29.6 Å². The van der Waals surface area contributed by atoms with Crippen molar-refractivity contribution in [2.75, 3.05) is 30.3 Å². The summed E-state index contributed by atoms with van der Waals surface area (Å²) in [6.45, 7) is 4.50. The summed E-state index contributed by atoms with van der Waals surface area (Å²) in [5, 5.41) is 8.97. The largest absolute Gasteiger partial charge is 0.396 e. The molecule has 0 amide bonds. The zero-order valence-electron chi connectivity index (χ0n) is 10.0. The summed E-state index contributed by atoms with van der Waals surface area (Å²) in [4.78, 5) is 2.20. The summed E-state index contributed by atoms with van der Waals surface area (Å²) in [5.74, 6) is 0. The fraction of sp³-hybridized carbons (Fsp3) is 0.462. The zero-order valence-corrected chi connectivity index (χ0v) is 10.0. The van der Waals surface area contributed by atoms with E-state index in [2.05, 4.69) is 17.9 Å². The maximum atomic E-state index is 8.97. The molecule has 1 unspecified atom stereocenters. The first-order valence-corrected chi connectivity index (χ1v) is 5.91. The smallest absolute Gasteiger partial charge is 0.101 e. The number of hydrogen-bond acceptors (Lipinski definition) is 4. The molecule has 2 N–H and O–H groups in total. The highest BCUT2D eigenvalue weighted by atomic mass is 16.5. The molecule has 0 aromatic heterocycles. The van der Waals surface area contributed by atoms with Crippen molar-refractivity contribution in [3.05, 3.63) is 23.8 Å². The lowest BCUT2D eigenvalue weighted by Crippen LogP contribution is -2.42. The quantitative estimate of drug-likeness (QED) is 0.788. The maximum absolute atomic E-state index is 8.97. The van der Waals surface area contributed by atoms with Crippen LogP contribution in [0.2, 0.25) is 0 Å². The van der Waals surface area contributed by atoms with Crippen LogP contribution in [-0.4, -0.2) is 25.8 Å². The minimum absolute atomic E-state index is 0.258. The second kappa shape index (κ2) is 5.07. The molecule has 1 heterocycles. The number of nitrogens with two attached hydrogens (primary N) is 1. The van der Waals surface area contributed by atoms with Crippen molar-refractivity contribution in [3.8, 4) is 6.07 Å². The average molecular weight is 231 g/mol. The maximum Gasteiger partial charge on any atom is 0.101 e. The first-order valence-electron chi connectivity index (χ1n) is 5.91. The van der Waals surface area contributed by atoms with Gasteiger partial charge in [0.1, 0.15) is 6.07 Å². The van der Waals surface area contributed by atoms with Crippen LogP contribution in [0.1, 0.15) is 18.9 Å². The number of ether oxygens (including phenoxy) is 1. The van der Waals surface area contributed by atoms with E-state index in [1.807, 2.05) is 12.1 Å². The Morgan fingerprint density at radius 2 is 2.41 bits per heavy atom. The molecule has 0 saturated carbocycles. The van der Waals surface area contributed by atoms with E-state index in [0.29, 0.717) is 17.9 Å². The second-order valence-corrected chi connectivity index (χ2v) is 4.20. The summed E-state index contributed by atoms with van der Waals surface area (Å²) < 4.78 is 5.63. The van der Waals surface area contributed by atoms with Gasteiger partial charge in [-0.25, -0.2) is 0 Å². The molecule has 1 aromatic carbocycles. The van der Waals surface area contributed by atoms with Gasteiger partial charge in [0, 0.05) is 13.1 Å². The average Bonchev–Trinajstić information content (AvgIpc) is 2.39. The zero-order chi connectivity index (χ0) is 12.3. The van der Waals surface area contributed by atoms with E-state index < -0.39 is 0 Å². The molecule has 1 aliphatic rings. The first kappa shape index (κ1) is 11.7. The van der Waals surface area contributed by atoms with Crippen LogP contribution in [-0.2, 0) is 4.74 Å². The Kier molecular flexibility index (Phi) is 3.50. The first-order chi connectivity index (χ1) is 8.26. The third-order valence-electron chi connectivity index (χ3n) is 3.14. The highest BCUT2D eigenvalue weighted by Crippen LogP contribution is 2.28. The van der Waals surface area contributed by atoms with E-state index in [1.165, 1.54) is 0 Å². The molecule has 4 heteroatoms. The summed E-state index contributed by atoms with van der Waals surface area (Å²) in [5.41, 5.74) is 8.08. The molecular formula is C13H17N3O. The molecule has 0 bridgehead atoms. The third kappa shape index (κ3) is 2.34. The predicted molar refractivity (Wildman–Crippen MR) is 67.8 cm³/mol. The Labute approximate surface area is 102 Å². The SMILES string of the molecule is CCC1CN(c2cccc(C#N)c2N)CCO1. The molecule has 1 aromatic rings. The molecule has 4 nitrogen and oxygen atoms in total. The van der Waals surface area contributed by atoms with E-state index in [9.17, 15) is 0 Å². The van der Waals surface area contributed by atoms with Gasteiger partial charge in [-0.1, -0.05) is 13.0 Å². The molecule has 1 atom stereocenters. The molecular weight excluding hydrogens is 214 g/mol. The van der Waals surface area contributed by atoms with Crippen molar-refractivity contribution in [1.82, 2.24) is 0 Å². The minimum atomic E-state index is 0.258. The van der Waals surface area contributed by atoms with Crippen LogP contribution in [0.5, 0.6) is 0 Å². The van der Waals surface area contributed by atoms with E-state index in [-0.39, 0.29) is 6.10 Å². The Hall–Kier alpha value is -1.73. The normalized spacial score (nSPS) is 20.0. The van der Waals surface area contributed by atoms with Gasteiger partial charge in [0.15, 0.2) is 0 Å². The van der Waals surface area contributed by atoms with Crippen molar-refractivity contribution < 1.29 is 4.74 Å². The Morgan fingerprint density at radius 3 is 3.12 bits per heavy atom. The van der Waals surface area contributed by atoms with Crippen LogP contribution in [0, 0.1) is 11.3 Å². The monoisotopic (exact) mass is 231 g/mol. The standard InChI is InChI=1S/C13H17N3O/c1-2-11-9-16(6-7-17-11)12-5-3-4-10(8-14)13(12)15/h3-5,11H,2,6-7,9,15H2,1H3. The fourth-order valence-electron chi connectivity index (χ4n) is 2.11. The van der Waals surface area contributed by atoms with Crippen molar-refractivity contribution in [2.24, 2.45) is 0 Å². The number of morpholine rings is 1. The highest BCUT2D eigenvalue weighted by Gasteiger charge is 2.21. The van der Waals surface area contributed by atoms with Gasteiger partial charge in [-0.3, -0.25) is 0 Å². The summed E-state index contributed by atoms with van der Waals surface area (Å²) in [6, 6.07) is 7.71.